The Hall–Kier alpha value is -1.08. The third kappa shape index (κ3) is 3.02. The van der Waals surface area contributed by atoms with Crippen molar-refractivity contribution in [1.82, 2.24) is 4.90 Å². The van der Waals surface area contributed by atoms with Crippen molar-refractivity contribution in [1.29, 1.82) is 0 Å². The topological polar surface area (TPSA) is 46.3 Å². The van der Waals surface area contributed by atoms with Gasteiger partial charge in [-0.25, -0.2) is 0 Å². The van der Waals surface area contributed by atoms with E-state index in [0.29, 0.717) is 6.92 Å². The van der Waals surface area contributed by atoms with E-state index in [4.69, 9.17) is 5.73 Å². The minimum Gasteiger partial charge on any atom is -0.336 e. The van der Waals surface area contributed by atoms with Crippen LogP contribution in [0.4, 0.5) is 13.2 Å². The largest absolute Gasteiger partial charge is 0.415 e. The normalized spacial score (nSPS) is 15.2. The van der Waals surface area contributed by atoms with Crippen molar-refractivity contribution in [3.63, 3.8) is 0 Å². The van der Waals surface area contributed by atoms with Crippen LogP contribution in [0.1, 0.15) is 18.7 Å². The molecule has 0 aliphatic heterocycles. The van der Waals surface area contributed by atoms with Gasteiger partial charge in [0.25, 0.3) is 5.91 Å². The third-order valence-corrected chi connectivity index (χ3v) is 3.49. The van der Waals surface area contributed by atoms with E-state index in [1.54, 1.807) is 24.4 Å². The van der Waals surface area contributed by atoms with E-state index in [2.05, 4.69) is 0 Å². The van der Waals surface area contributed by atoms with E-state index in [0.717, 1.165) is 9.78 Å². The third-order valence-electron chi connectivity index (χ3n) is 2.63. The zero-order chi connectivity index (χ0) is 14.0. The number of rotatable bonds is 4. The number of nitrogens with two attached hydrogens (primary N) is 1. The summed E-state index contributed by atoms with van der Waals surface area (Å²) >= 11 is 1.39. The lowest BCUT2D eigenvalue weighted by Gasteiger charge is -2.32. The molecule has 18 heavy (non-hydrogen) atoms. The summed E-state index contributed by atoms with van der Waals surface area (Å²) in [6.07, 6.45) is -4.76. The number of likely N-dealkylation sites (N-methyl/N-ethyl adjacent to an activating group) is 1. The van der Waals surface area contributed by atoms with E-state index in [9.17, 15) is 18.0 Å². The van der Waals surface area contributed by atoms with Gasteiger partial charge in [0.1, 0.15) is 0 Å². The van der Waals surface area contributed by atoms with Crippen molar-refractivity contribution >= 4 is 17.2 Å². The van der Waals surface area contributed by atoms with Crippen molar-refractivity contribution in [2.75, 3.05) is 6.54 Å². The van der Waals surface area contributed by atoms with Gasteiger partial charge in [-0.2, -0.15) is 13.2 Å². The molecule has 1 aromatic rings. The Morgan fingerprint density at radius 2 is 2.11 bits per heavy atom. The maximum absolute atomic E-state index is 12.7. The van der Waals surface area contributed by atoms with Crippen LogP contribution in [0.15, 0.2) is 17.5 Å². The fourth-order valence-electron chi connectivity index (χ4n) is 1.37. The van der Waals surface area contributed by atoms with E-state index in [-0.39, 0.29) is 13.1 Å². The van der Waals surface area contributed by atoms with Crippen LogP contribution >= 0.6 is 11.3 Å². The minimum atomic E-state index is -4.76. The lowest BCUT2D eigenvalue weighted by Crippen LogP contribution is -2.61. The Morgan fingerprint density at radius 1 is 1.50 bits per heavy atom. The Balaban J connectivity index is 2.86. The summed E-state index contributed by atoms with van der Waals surface area (Å²) in [5, 5.41) is 1.80. The molecule has 0 saturated heterocycles. The Bertz CT molecular complexity index is 401. The number of thiophene rings is 1. The Morgan fingerprint density at radius 3 is 2.50 bits per heavy atom. The van der Waals surface area contributed by atoms with Crippen LogP contribution in [-0.2, 0) is 11.3 Å². The molecule has 0 radical (unpaired) electrons. The van der Waals surface area contributed by atoms with Crippen molar-refractivity contribution < 1.29 is 18.0 Å². The quantitative estimate of drug-likeness (QED) is 0.920. The number of amides is 1. The summed E-state index contributed by atoms with van der Waals surface area (Å²) in [5.41, 5.74) is 2.28. The predicted octanol–water partition coefficient (Wildman–Crippen LogP) is 2.38. The zero-order valence-electron chi connectivity index (χ0n) is 10.1. The molecule has 1 aromatic heterocycles. The SMILES string of the molecule is CCN(Cc1cccs1)C(=O)C(C)(N)C(F)(F)F. The number of hydrogen-bond donors (Lipinski definition) is 1. The Labute approximate surface area is 107 Å². The molecular formula is C11H15F3N2OS. The summed E-state index contributed by atoms with van der Waals surface area (Å²) < 4.78 is 38.1. The van der Waals surface area contributed by atoms with Gasteiger partial charge in [0.2, 0.25) is 0 Å². The monoisotopic (exact) mass is 280 g/mol. The Kier molecular flexibility index (Phi) is 4.39. The highest BCUT2D eigenvalue weighted by molar-refractivity contribution is 7.09. The van der Waals surface area contributed by atoms with Gasteiger partial charge in [-0.3, -0.25) is 4.79 Å². The second-order valence-electron chi connectivity index (χ2n) is 4.10. The first-order valence-corrected chi connectivity index (χ1v) is 6.25. The first-order chi connectivity index (χ1) is 8.20. The number of halogens is 3. The van der Waals surface area contributed by atoms with Gasteiger partial charge in [-0.05, 0) is 25.3 Å². The van der Waals surface area contributed by atoms with Gasteiger partial charge < -0.3 is 10.6 Å². The fourth-order valence-corrected chi connectivity index (χ4v) is 2.09. The van der Waals surface area contributed by atoms with Crippen LogP contribution in [0.3, 0.4) is 0 Å². The number of hydrogen-bond acceptors (Lipinski definition) is 3. The van der Waals surface area contributed by atoms with Gasteiger partial charge in [0, 0.05) is 11.4 Å². The summed E-state index contributed by atoms with van der Waals surface area (Å²) in [6, 6.07) is 3.55. The standard InChI is InChI=1S/C11H15F3N2OS/c1-3-16(7-8-5-4-6-18-8)9(17)10(2,15)11(12,13)14/h4-6H,3,7,15H2,1-2H3. The van der Waals surface area contributed by atoms with Crippen LogP contribution in [-0.4, -0.2) is 29.1 Å². The summed E-state index contributed by atoms with van der Waals surface area (Å²) in [5.74, 6) is -1.11. The highest BCUT2D eigenvalue weighted by Crippen LogP contribution is 2.30. The van der Waals surface area contributed by atoms with Crippen LogP contribution in [0.5, 0.6) is 0 Å². The predicted molar refractivity (Wildman–Crippen MR) is 64.1 cm³/mol. The van der Waals surface area contributed by atoms with Crippen molar-refractivity contribution in [2.45, 2.75) is 32.1 Å². The minimum absolute atomic E-state index is 0.149. The van der Waals surface area contributed by atoms with Gasteiger partial charge in [-0.1, -0.05) is 6.07 Å². The average molecular weight is 280 g/mol. The van der Waals surface area contributed by atoms with Crippen LogP contribution in [0, 0.1) is 0 Å². The van der Waals surface area contributed by atoms with Crippen LogP contribution in [0.25, 0.3) is 0 Å². The molecule has 1 atom stereocenters. The summed E-state index contributed by atoms with van der Waals surface area (Å²) in [4.78, 5) is 13.8. The highest BCUT2D eigenvalue weighted by Gasteiger charge is 2.55. The lowest BCUT2D eigenvalue weighted by molar-refractivity contribution is -0.193. The van der Waals surface area contributed by atoms with Gasteiger partial charge >= 0.3 is 6.18 Å². The molecular weight excluding hydrogens is 265 g/mol. The van der Waals surface area contributed by atoms with Crippen molar-refractivity contribution in [2.24, 2.45) is 5.73 Å². The molecule has 0 bridgehead atoms. The summed E-state index contributed by atoms with van der Waals surface area (Å²) in [7, 11) is 0. The van der Waals surface area contributed by atoms with Crippen molar-refractivity contribution in [3.05, 3.63) is 22.4 Å². The van der Waals surface area contributed by atoms with E-state index < -0.39 is 17.6 Å². The first kappa shape index (κ1) is 15.0. The number of nitrogens with zero attached hydrogens (tertiary/aromatic N) is 1. The van der Waals surface area contributed by atoms with E-state index in [1.165, 1.54) is 11.3 Å². The second kappa shape index (κ2) is 5.27. The molecule has 0 saturated carbocycles. The zero-order valence-corrected chi connectivity index (χ0v) is 10.9. The number of carbonyl (C=O) groups excluding carboxylic acids is 1. The number of alkyl halides is 3. The average Bonchev–Trinajstić information content (AvgIpc) is 2.75. The van der Waals surface area contributed by atoms with E-state index >= 15 is 0 Å². The highest BCUT2D eigenvalue weighted by atomic mass is 32.1. The molecule has 102 valence electrons. The molecule has 7 heteroatoms. The molecule has 2 N–H and O–H groups in total. The van der Waals surface area contributed by atoms with Crippen molar-refractivity contribution in [3.8, 4) is 0 Å². The molecule has 1 unspecified atom stereocenters. The lowest BCUT2D eigenvalue weighted by atomic mass is 10.0. The molecule has 1 heterocycles. The van der Waals surface area contributed by atoms with Gasteiger partial charge in [0.15, 0.2) is 5.54 Å². The van der Waals surface area contributed by atoms with Gasteiger partial charge in [0.05, 0.1) is 6.54 Å². The van der Waals surface area contributed by atoms with Crippen LogP contribution < -0.4 is 5.73 Å². The maximum atomic E-state index is 12.7. The molecule has 3 nitrogen and oxygen atoms in total. The smallest absolute Gasteiger partial charge is 0.336 e. The second-order valence-corrected chi connectivity index (χ2v) is 5.13. The van der Waals surface area contributed by atoms with E-state index in [1.807, 2.05) is 0 Å². The molecule has 0 aliphatic carbocycles. The molecule has 0 fully saturated rings. The molecule has 0 spiro atoms. The molecule has 1 amide bonds. The number of carbonyl (C=O) groups is 1. The first-order valence-electron chi connectivity index (χ1n) is 5.37. The summed E-state index contributed by atoms with van der Waals surface area (Å²) in [6.45, 7) is 2.65. The fraction of sp³-hybridized carbons (Fsp3) is 0.545. The van der Waals surface area contributed by atoms with Gasteiger partial charge in [-0.15, -0.1) is 11.3 Å². The molecule has 1 rings (SSSR count). The molecule has 0 aromatic carbocycles. The van der Waals surface area contributed by atoms with Crippen LogP contribution in [0.2, 0.25) is 0 Å². The maximum Gasteiger partial charge on any atom is 0.415 e. The molecule has 0 aliphatic rings.